The van der Waals surface area contributed by atoms with Crippen molar-refractivity contribution in [1.82, 2.24) is 10.6 Å². The van der Waals surface area contributed by atoms with Crippen molar-refractivity contribution in [2.75, 3.05) is 13.1 Å². The van der Waals surface area contributed by atoms with Crippen LogP contribution in [0, 0.1) is 0 Å². The van der Waals surface area contributed by atoms with Gasteiger partial charge in [-0.05, 0) is 48.2 Å². The van der Waals surface area contributed by atoms with Gasteiger partial charge in [0.2, 0.25) is 0 Å². The molecule has 0 unspecified atom stereocenters. The standard InChI is InChI=1S/C12H16N2/c1-3-13-7-11-6-12-8-14-4-2-10(12)5-9(1)11/h5-6,13-14H,1-4,7-8H2. The Kier molecular flexibility index (Phi) is 2.03. The molecule has 0 spiro atoms. The van der Waals surface area contributed by atoms with Gasteiger partial charge in [0, 0.05) is 13.1 Å². The van der Waals surface area contributed by atoms with Gasteiger partial charge in [0.25, 0.3) is 0 Å². The molecule has 0 fully saturated rings. The average Bonchev–Trinajstić information content (AvgIpc) is 2.26. The third kappa shape index (κ3) is 1.35. The number of hydrogen-bond donors (Lipinski definition) is 2. The normalized spacial score (nSPS) is 20.0. The van der Waals surface area contributed by atoms with Gasteiger partial charge in [0.1, 0.15) is 0 Å². The molecule has 2 heteroatoms. The van der Waals surface area contributed by atoms with Crippen LogP contribution in [-0.2, 0) is 25.9 Å². The molecule has 74 valence electrons. The molecule has 0 aromatic heterocycles. The number of benzene rings is 1. The molecule has 0 amide bonds. The first-order valence-corrected chi connectivity index (χ1v) is 5.48. The van der Waals surface area contributed by atoms with Crippen LogP contribution in [-0.4, -0.2) is 13.1 Å². The van der Waals surface area contributed by atoms with Crippen LogP contribution < -0.4 is 10.6 Å². The average molecular weight is 188 g/mol. The van der Waals surface area contributed by atoms with Crippen LogP contribution in [0.5, 0.6) is 0 Å². The molecular formula is C12H16N2. The van der Waals surface area contributed by atoms with Crippen molar-refractivity contribution in [3.8, 4) is 0 Å². The molecule has 0 saturated heterocycles. The minimum absolute atomic E-state index is 1.06. The number of hydrogen-bond acceptors (Lipinski definition) is 2. The lowest BCUT2D eigenvalue weighted by Crippen LogP contribution is -2.27. The van der Waals surface area contributed by atoms with E-state index in [0.717, 1.165) is 26.2 Å². The highest BCUT2D eigenvalue weighted by atomic mass is 14.9. The molecule has 0 aliphatic carbocycles. The maximum absolute atomic E-state index is 3.43. The van der Waals surface area contributed by atoms with Gasteiger partial charge in [-0.25, -0.2) is 0 Å². The second-order valence-corrected chi connectivity index (χ2v) is 4.24. The Hall–Kier alpha value is -0.860. The number of rotatable bonds is 0. The fourth-order valence-corrected chi connectivity index (χ4v) is 2.48. The van der Waals surface area contributed by atoms with Crippen LogP contribution in [0.3, 0.4) is 0 Å². The van der Waals surface area contributed by atoms with E-state index in [1.54, 1.807) is 11.1 Å². The quantitative estimate of drug-likeness (QED) is 0.634. The van der Waals surface area contributed by atoms with Gasteiger partial charge in [-0.3, -0.25) is 0 Å². The maximum atomic E-state index is 3.43. The largest absolute Gasteiger partial charge is 0.312 e. The fourth-order valence-electron chi connectivity index (χ4n) is 2.48. The Morgan fingerprint density at radius 3 is 1.79 bits per heavy atom. The molecule has 2 heterocycles. The van der Waals surface area contributed by atoms with Gasteiger partial charge in [0.05, 0.1) is 0 Å². The van der Waals surface area contributed by atoms with Crippen LogP contribution in [0.25, 0.3) is 0 Å². The number of fused-ring (bicyclic) bond motifs is 2. The summed E-state index contributed by atoms with van der Waals surface area (Å²) in [5.74, 6) is 0. The molecule has 2 N–H and O–H groups in total. The van der Waals surface area contributed by atoms with Gasteiger partial charge < -0.3 is 10.6 Å². The van der Waals surface area contributed by atoms with Crippen LogP contribution in [0.4, 0.5) is 0 Å². The van der Waals surface area contributed by atoms with Crippen molar-refractivity contribution in [3.05, 3.63) is 34.4 Å². The molecule has 14 heavy (non-hydrogen) atoms. The summed E-state index contributed by atoms with van der Waals surface area (Å²) in [6, 6.07) is 4.83. The van der Waals surface area contributed by atoms with Crippen molar-refractivity contribution >= 4 is 0 Å². The molecule has 2 nitrogen and oxygen atoms in total. The Labute approximate surface area is 84.7 Å². The van der Waals surface area contributed by atoms with E-state index in [1.165, 1.54) is 24.0 Å². The Bertz CT molecular complexity index is 291. The van der Waals surface area contributed by atoms with Crippen LogP contribution in [0.2, 0.25) is 0 Å². The second kappa shape index (κ2) is 3.37. The van der Waals surface area contributed by atoms with Crippen molar-refractivity contribution in [1.29, 1.82) is 0 Å². The highest BCUT2D eigenvalue weighted by molar-refractivity contribution is 5.40. The van der Waals surface area contributed by atoms with E-state index in [0.29, 0.717) is 0 Å². The van der Waals surface area contributed by atoms with E-state index in [-0.39, 0.29) is 0 Å². The predicted molar refractivity (Wildman–Crippen MR) is 57.3 cm³/mol. The monoisotopic (exact) mass is 188 g/mol. The number of nitrogens with one attached hydrogen (secondary N) is 2. The Morgan fingerprint density at radius 2 is 1.21 bits per heavy atom. The SMILES string of the molecule is c1c2c(cc3c1CCNC3)CNCC2. The van der Waals surface area contributed by atoms with Gasteiger partial charge >= 0.3 is 0 Å². The van der Waals surface area contributed by atoms with Crippen molar-refractivity contribution in [3.63, 3.8) is 0 Å². The Morgan fingerprint density at radius 1 is 0.714 bits per heavy atom. The first kappa shape index (κ1) is 8.45. The van der Waals surface area contributed by atoms with Crippen LogP contribution in [0.15, 0.2) is 12.1 Å². The summed E-state index contributed by atoms with van der Waals surface area (Å²) in [7, 11) is 0. The topological polar surface area (TPSA) is 24.1 Å². The van der Waals surface area contributed by atoms with Gasteiger partial charge in [-0.1, -0.05) is 12.1 Å². The van der Waals surface area contributed by atoms with E-state index in [4.69, 9.17) is 0 Å². The lowest BCUT2D eigenvalue weighted by Gasteiger charge is -2.23. The third-order valence-corrected chi connectivity index (χ3v) is 3.29. The summed E-state index contributed by atoms with van der Waals surface area (Å²) in [4.78, 5) is 0. The van der Waals surface area contributed by atoms with Crippen molar-refractivity contribution < 1.29 is 0 Å². The van der Waals surface area contributed by atoms with E-state index in [9.17, 15) is 0 Å². The maximum Gasteiger partial charge on any atom is 0.0208 e. The van der Waals surface area contributed by atoms with Gasteiger partial charge in [0.15, 0.2) is 0 Å². The molecule has 2 aliphatic heterocycles. The molecule has 3 rings (SSSR count). The van der Waals surface area contributed by atoms with Crippen molar-refractivity contribution in [2.24, 2.45) is 0 Å². The molecule has 1 aromatic rings. The molecule has 1 aromatic carbocycles. The zero-order valence-corrected chi connectivity index (χ0v) is 8.40. The molecular weight excluding hydrogens is 172 g/mol. The highest BCUT2D eigenvalue weighted by Gasteiger charge is 2.14. The minimum Gasteiger partial charge on any atom is -0.312 e. The fraction of sp³-hybridized carbons (Fsp3) is 0.500. The van der Waals surface area contributed by atoms with Gasteiger partial charge in [-0.2, -0.15) is 0 Å². The van der Waals surface area contributed by atoms with Gasteiger partial charge in [-0.15, -0.1) is 0 Å². The second-order valence-electron chi connectivity index (χ2n) is 4.24. The lowest BCUT2D eigenvalue weighted by molar-refractivity contribution is 0.619. The summed E-state index contributed by atoms with van der Waals surface area (Å²) in [6.45, 7) is 4.40. The zero-order chi connectivity index (χ0) is 9.38. The lowest BCUT2D eigenvalue weighted by atomic mass is 9.91. The first-order valence-electron chi connectivity index (χ1n) is 5.48. The first-order chi connectivity index (χ1) is 6.93. The van der Waals surface area contributed by atoms with Crippen molar-refractivity contribution in [2.45, 2.75) is 25.9 Å². The molecule has 0 saturated carbocycles. The minimum atomic E-state index is 1.06. The molecule has 2 aliphatic rings. The van der Waals surface area contributed by atoms with Crippen LogP contribution >= 0.6 is 0 Å². The zero-order valence-electron chi connectivity index (χ0n) is 8.40. The smallest absolute Gasteiger partial charge is 0.0208 e. The summed E-state index contributed by atoms with van der Waals surface area (Å²) >= 11 is 0. The van der Waals surface area contributed by atoms with E-state index >= 15 is 0 Å². The van der Waals surface area contributed by atoms with E-state index in [1.807, 2.05) is 0 Å². The Balaban J connectivity index is 2.06. The third-order valence-electron chi connectivity index (χ3n) is 3.29. The summed E-state index contributed by atoms with van der Waals surface area (Å²) in [5, 5.41) is 6.85. The molecule has 0 radical (unpaired) electrons. The summed E-state index contributed by atoms with van der Waals surface area (Å²) in [6.07, 6.45) is 2.41. The predicted octanol–water partition coefficient (Wildman–Crippen LogP) is 0.978. The highest BCUT2D eigenvalue weighted by Crippen LogP contribution is 2.22. The van der Waals surface area contributed by atoms with E-state index < -0.39 is 0 Å². The van der Waals surface area contributed by atoms with Crippen LogP contribution in [0.1, 0.15) is 22.3 Å². The summed E-state index contributed by atoms with van der Waals surface area (Å²) in [5.41, 5.74) is 6.17. The molecule has 0 atom stereocenters. The molecule has 0 bridgehead atoms. The summed E-state index contributed by atoms with van der Waals surface area (Å²) < 4.78 is 0. The van der Waals surface area contributed by atoms with E-state index in [2.05, 4.69) is 22.8 Å².